The van der Waals surface area contributed by atoms with E-state index in [0.717, 1.165) is 0 Å². The minimum absolute atomic E-state index is 0.0862. The van der Waals surface area contributed by atoms with E-state index in [9.17, 15) is 4.79 Å². The molecule has 0 saturated heterocycles. The summed E-state index contributed by atoms with van der Waals surface area (Å²) >= 11 is 0. The molecule has 0 aromatic rings. The number of hydrogen-bond acceptors (Lipinski definition) is 4. The van der Waals surface area contributed by atoms with Crippen molar-refractivity contribution in [3.63, 3.8) is 0 Å². The van der Waals surface area contributed by atoms with Gasteiger partial charge in [-0.3, -0.25) is 0 Å². The Balaban J connectivity index is 3.11. The SMILES string of the molecule is O=C(O)OCCC(O)CO. The average molecular weight is 150 g/mol. The first kappa shape index (κ1) is 9.19. The predicted octanol–water partition coefficient (Wildman–Crippen LogP) is -0.576. The molecular weight excluding hydrogens is 140 g/mol. The summed E-state index contributed by atoms with van der Waals surface area (Å²) in [7, 11) is 0. The van der Waals surface area contributed by atoms with E-state index in [0.29, 0.717) is 0 Å². The van der Waals surface area contributed by atoms with Crippen LogP contribution in [-0.2, 0) is 4.74 Å². The third kappa shape index (κ3) is 5.33. The van der Waals surface area contributed by atoms with Gasteiger partial charge in [0.1, 0.15) is 0 Å². The van der Waals surface area contributed by atoms with Crippen LogP contribution >= 0.6 is 0 Å². The molecule has 0 radical (unpaired) electrons. The second-order valence-electron chi connectivity index (χ2n) is 1.74. The maximum absolute atomic E-state index is 9.70. The van der Waals surface area contributed by atoms with E-state index < -0.39 is 12.3 Å². The molecule has 0 heterocycles. The number of aliphatic hydroxyl groups excluding tert-OH is 2. The zero-order chi connectivity index (χ0) is 7.98. The van der Waals surface area contributed by atoms with Crippen LogP contribution in [-0.4, -0.2) is 40.8 Å². The van der Waals surface area contributed by atoms with Crippen LogP contribution in [0.25, 0.3) is 0 Å². The Morgan fingerprint density at radius 3 is 2.60 bits per heavy atom. The Kier molecular flexibility index (Phi) is 4.61. The van der Waals surface area contributed by atoms with E-state index in [2.05, 4.69) is 4.74 Å². The van der Waals surface area contributed by atoms with Gasteiger partial charge >= 0.3 is 6.16 Å². The first-order chi connectivity index (χ1) is 4.66. The monoisotopic (exact) mass is 150 g/mol. The summed E-state index contributed by atoms with van der Waals surface area (Å²) in [6.45, 7) is -0.458. The summed E-state index contributed by atoms with van der Waals surface area (Å²) in [6, 6.07) is 0. The van der Waals surface area contributed by atoms with Gasteiger partial charge in [-0.2, -0.15) is 0 Å². The minimum Gasteiger partial charge on any atom is -0.450 e. The maximum Gasteiger partial charge on any atom is 0.505 e. The van der Waals surface area contributed by atoms with Crippen molar-refractivity contribution in [2.24, 2.45) is 0 Å². The molecule has 10 heavy (non-hydrogen) atoms. The summed E-state index contributed by atoms with van der Waals surface area (Å²) in [5.74, 6) is 0. The molecule has 0 spiro atoms. The number of aliphatic hydroxyl groups is 2. The summed E-state index contributed by atoms with van der Waals surface area (Å²) in [4.78, 5) is 9.70. The Morgan fingerprint density at radius 1 is 1.60 bits per heavy atom. The number of carboxylic acid groups (broad SMARTS) is 1. The fourth-order valence-electron chi connectivity index (χ4n) is 0.374. The van der Waals surface area contributed by atoms with Crippen molar-refractivity contribution in [2.75, 3.05) is 13.2 Å². The topological polar surface area (TPSA) is 87.0 Å². The van der Waals surface area contributed by atoms with E-state index >= 15 is 0 Å². The van der Waals surface area contributed by atoms with Crippen LogP contribution in [0.5, 0.6) is 0 Å². The molecule has 3 N–H and O–H groups in total. The summed E-state index contributed by atoms with van der Waals surface area (Å²) in [6.07, 6.45) is -2.13. The first-order valence-corrected chi connectivity index (χ1v) is 2.81. The molecule has 0 aliphatic rings. The highest BCUT2D eigenvalue weighted by Gasteiger charge is 2.02. The molecule has 5 heteroatoms. The van der Waals surface area contributed by atoms with Gasteiger partial charge in [-0.15, -0.1) is 0 Å². The number of rotatable bonds is 4. The predicted molar refractivity (Wildman–Crippen MR) is 31.7 cm³/mol. The van der Waals surface area contributed by atoms with Crippen molar-refractivity contribution in [1.29, 1.82) is 0 Å². The fraction of sp³-hybridized carbons (Fsp3) is 0.800. The molecule has 0 saturated carbocycles. The van der Waals surface area contributed by atoms with Gasteiger partial charge in [0.05, 0.1) is 19.3 Å². The number of carbonyl (C=O) groups is 1. The zero-order valence-electron chi connectivity index (χ0n) is 5.36. The fourth-order valence-corrected chi connectivity index (χ4v) is 0.374. The molecule has 0 fully saturated rings. The van der Waals surface area contributed by atoms with Crippen LogP contribution < -0.4 is 0 Å². The minimum atomic E-state index is -1.37. The molecule has 0 aromatic heterocycles. The summed E-state index contributed by atoms with van der Waals surface area (Å²) < 4.78 is 4.06. The van der Waals surface area contributed by atoms with Gasteiger partial charge in [0.2, 0.25) is 0 Å². The molecular formula is C5H10O5. The van der Waals surface area contributed by atoms with Crippen molar-refractivity contribution in [3.8, 4) is 0 Å². The number of hydrogen-bond donors (Lipinski definition) is 3. The highest BCUT2D eigenvalue weighted by Crippen LogP contribution is 1.90. The highest BCUT2D eigenvalue weighted by atomic mass is 16.7. The molecule has 0 rings (SSSR count). The first-order valence-electron chi connectivity index (χ1n) is 2.81. The van der Waals surface area contributed by atoms with E-state index in [1.165, 1.54) is 0 Å². The normalized spacial score (nSPS) is 12.6. The quantitative estimate of drug-likeness (QED) is 0.467. The Bertz CT molecular complexity index is 102. The largest absolute Gasteiger partial charge is 0.505 e. The smallest absolute Gasteiger partial charge is 0.450 e. The summed E-state index contributed by atoms with van der Waals surface area (Å²) in [5.41, 5.74) is 0. The van der Waals surface area contributed by atoms with Crippen LogP contribution in [0.3, 0.4) is 0 Å². The second kappa shape index (κ2) is 5.01. The molecule has 0 amide bonds. The highest BCUT2D eigenvalue weighted by molar-refractivity contribution is 5.56. The maximum atomic E-state index is 9.70. The van der Waals surface area contributed by atoms with Crippen molar-refractivity contribution >= 4 is 6.16 Å². The van der Waals surface area contributed by atoms with Crippen molar-refractivity contribution < 1.29 is 24.9 Å². The third-order valence-corrected chi connectivity index (χ3v) is 0.887. The lowest BCUT2D eigenvalue weighted by atomic mass is 10.3. The van der Waals surface area contributed by atoms with Crippen LogP contribution in [0.15, 0.2) is 0 Å². The van der Waals surface area contributed by atoms with Gasteiger partial charge in [-0.1, -0.05) is 0 Å². The van der Waals surface area contributed by atoms with Crippen LogP contribution in [0.4, 0.5) is 4.79 Å². The van der Waals surface area contributed by atoms with E-state index in [4.69, 9.17) is 15.3 Å². The second-order valence-corrected chi connectivity index (χ2v) is 1.74. The van der Waals surface area contributed by atoms with Gasteiger partial charge in [0.15, 0.2) is 0 Å². The summed E-state index contributed by atoms with van der Waals surface area (Å²) in [5, 5.41) is 24.8. The van der Waals surface area contributed by atoms with Crippen molar-refractivity contribution in [1.82, 2.24) is 0 Å². The van der Waals surface area contributed by atoms with Gasteiger partial charge in [0, 0.05) is 6.42 Å². The molecule has 0 aromatic carbocycles. The van der Waals surface area contributed by atoms with Gasteiger partial charge in [-0.05, 0) is 0 Å². The van der Waals surface area contributed by atoms with Crippen LogP contribution in [0.2, 0.25) is 0 Å². The van der Waals surface area contributed by atoms with Crippen molar-refractivity contribution in [2.45, 2.75) is 12.5 Å². The van der Waals surface area contributed by atoms with Gasteiger partial charge in [0.25, 0.3) is 0 Å². The van der Waals surface area contributed by atoms with Crippen LogP contribution in [0, 0.1) is 0 Å². The standard InChI is InChI=1S/C5H10O5/c6-3-4(7)1-2-10-5(8)9/h4,6-7H,1-3H2,(H,8,9). The molecule has 0 bridgehead atoms. The molecule has 1 unspecified atom stereocenters. The lowest BCUT2D eigenvalue weighted by molar-refractivity contribution is 0.0488. The van der Waals surface area contributed by atoms with Crippen molar-refractivity contribution in [3.05, 3.63) is 0 Å². The number of ether oxygens (including phenoxy) is 1. The Morgan fingerprint density at radius 2 is 2.20 bits per heavy atom. The van der Waals surface area contributed by atoms with E-state index in [-0.39, 0.29) is 19.6 Å². The Hall–Kier alpha value is -0.810. The molecule has 60 valence electrons. The van der Waals surface area contributed by atoms with E-state index in [1.807, 2.05) is 0 Å². The lowest BCUT2D eigenvalue weighted by Crippen LogP contribution is -2.15. The van der Waals surface area contributed by atoms with Crippen LogP contribution in [0.1, 0.15) is 6.42 Å². The molecule has 1 atom stereocenters. The molecule has 5 nitrogen and oxygen atoms in total. The van der Waals surface area contributed by atoms with Gasteiger partial charge < -0.3 is 20.1 Å². The third-order valence-electron chi connectivity index (χ3n) is 0.887. The van der Waals surface area contributed by atoms with E-state index in [1.54, 1.807) is 0 Å². The van der Waals surface area contributed by atoms with Gasteiger partial charge in [-0.25, -0.2) is 4.79 Å². The molecule has 0 aliphatic heterocycles. The lowest BCUT2D eigenvalue weighted by Gasteiger charge is -2.04. The molecule has 0 aliphatic carbocycles. The zero-order valence-corrected chi connectivity index (χ0v) is 5.36. The Labute approximate surface area is 57.9 Å². The average Bonchev–Trinajstić information content (AvgIpc) is 1.87.